The average Bonchev–Trinajstić information content (AvgIpc) is 3.01. The van der Waals surface area contributed by atoms with E-state index in [1.165, 1.54) is 0 Å². The Hall–Kier alpha value is -1.91. The number of aromatic nitrogens is 4. The number of nitrogens with one attached hydrogen (secondary N) is 1. The summed E-state index contributed by atoms with van der Waals surface area (Å²) in [5, 5.41) is 4.23. The van der Waals surface area contributed by atoms with Gasteiger partial charge in [0, 0.05) is 25.2 Å². The standard InChI is InChI=1S/C11H12N4O/c1-15-5-4-8(14-15)11-12-9(7-2-3-7)6-10(16)13-11/h4-7H,2-3H2,1H3,(H,12,13,16). The van der Waals surface area contributed by atoms with Gasteiger partial charge in [-0.1, -0.05) is 0 Å². The molecule has 0 radical (unpaired) electrons. The van der Waals surface area contributed by atoms with E-state index in [1.807, 2.05) is 19.3 Å². The maximum Gasteiger partial charge on any atom is 0.251 e. The normalized spacial score (nSPS) is 15.3. The van der Waals surface area contributed by atoms with Crippen molar-refractivity contribution >= 4 is 0 Å². The molecule has 1 N–H and O–H groups in total. The van der Waals surface area contributed by atoms with Crippen LogP contribution in [0.25, 0.3) is 11.5 Å². The second kappa shape index (κ2) is 3.30. The Balaban J connectivity index is 2.09. The second-order valence-corrected chi connectivity index (χ2v) is 4.17. The fraction of sp³-hybridized carbons (Fsp3) is 0.364. The SMILES string of the molecule is Cn1ccc(-c2nc(C3CC3)cc(=O)[nH]2)n1. The van der Waals surface area contributed by atoms with Crippen LogP contribution in [0.1, 0.15) is 24.5 Å². The molecular weight excluding hydrogens is 204 g/mol. The second-order valence-electron chi connectivity index (χ2n) is 4.17. The zero-order chi connectivity index (χ0) is 11.1. The molecule has 1 aliphatic carbocycles. The summed E-state index contributed by atoms with van der Waals surface area (Å²) >= 11 is 0. The van der Waals surface area contributed by atoms with Gasteiger partial charge in [0.25, 0.3) is 5.56 Å². The quantitative estimate of drug-likeness (QED) is 0.816. The third kappa shape index (κ3) is 1.64. The minimum atomic E-state index is -0.0995. The molecule has 2 aromatic rings. The Kier molecular flexibility index (Phi) is 1.92. The maximum atomic E-state index is 11.5. The molecule has 1 fully saturated rings. The molecule has 0 unspecified atom stereocenters. The van der Waals surface area contributed by atoms with Gasteiger partial charge in [-0.05, 0) is 18.9 Å². The Bertz CT molecular complexity index is 580. The van der Waals surface area contributed by atoms with E-state index in [0.717, 1.165) is 18.5 Å². The van der Waals surface area contributed by atoms with Crippen molar-refractivity contribution in [2.75, 3.05) is 0 Å². The van der Waals surface area contributed by atoms with Crippen LogP contribution in [0.15, 0.2) is 23.1 Å². The van der Waals surface area contributed by atoms with E-state index < -0.39 is 0 Å². The number of nitrogens with zero attached hydrogens (tertiary/aromatic N) is 3. The Labute approximate surface area is 92.2 Å². The molecule has 0 amide bonds. The highest BCUT2D eigenvalue weighted by Crippen LogP contribution is 2.38. The molecule has 82 valence electrons. The molecular formula is C11H12N4O. The fourth-order valence-electron chi connectivity index (χ4n) is 1.73. The summed E-state index contributed by atoms with van der Waals surface area (Å²) in [7, 11) is 1.84. The zero-order valence-corrected chi connectivity index (χ0v) is 8.97. The van der Waals surface area contributed by atoms with Gasteiger partial charge in [0.05, 0.1) is 5.69 Å². The summed E-state index contributed by atoms with van der Waals surface area (Å²) in [4.78, 5) is 18.7. The molecule has 5 heteroatoms. The first-order valence-electron chi connectivity index (χ1n) is 5.33. The molecule has 1 saturated carbocycles. The summed E-state index contributed by atoms with van der Waals surface area (Å²) < 4.78 is 1.69. The van der Waals surface area contributed by atoms with Gasteiger partial charge < -0.3 is 4.98 Å². The number of rotatable bonds is 2. The van der Waals surface area contributed by atoms with Crippen molar-refractivity contribution < 1.29 is 0 Å². The summed E-state index contributed by atoms with van der Waals surface area (Å²) in [5.41, 5.74) is 1.50. The van der Waals surface area contributed by atoms with E-state index in [9.17, 15) is 4.79 Å². The van der Waals surface area contributed by atoms with Crippen LogP contribution < -0.4 is 5.56 Å². The molecule has 0 saturated heterocycles. The molecule has 0 atom stereocenters. The van der Waals surface area contributed by atoms with Gasteiger partial charge >= 0.3 is 0 Å². The van der Waals surface area contributed by atoms with Crippen molar-refractivity contribution in [3.8, 4) is 11.5 Å². The molecule has 3 rings (SSSR count). The lowest BCUT2D eigenvalue weighted by Crippen LogP contribution is -2.10. The van der Waals surface area contributed by atoms with Gasteiger partial charge in [-0.2, -0.15) is 5.10 Å². The summed E-state index contributed by atoms with van der Waals surface area (Å²) in [6.07, 6.45) is 4.11. The van der Waals surface area contributed by atoms with Crippen molar-refractivity contribution in [1.29, 1.82) is 0 Å². The maximum absolute atomic E-state index is 11.5. The van der Waals surface area contributed by atoms with Gasteiger partial charge in [0.15, 0.2) is 5.82 Å². The highest BCUT2D eigenvalue weighted by Gasteiger charge is 2.26. The summed E-state index contributed by atoms with van der Waals surface area (Å²) in [6, 6.07) is 3.43. The van der Waals surface area contributed by atoms with Gasteiger partial charge in [-0.3, -0.25) is 9.48 Å². The Morgan fingerprint density at radius 3 is 2.94 bits per heavy atom. The summed E-state index contributed by atoms with van der Waals surface area (Å²) in [5.74, 6) is 1.04. The number of aromatic amines is 1. The van der Waals surface area contributed by atoms with Gasteiger partial charge in [-0.15, -0.1) is 0 Å². The van der Waals surface area contributed by atoms with Crippen molar-refractivity contribution in [3.05, 3.63) is 34.4 Å². The minimum Gasteiger partial charge on any atom is -0.305 e. The molecule has 5 nitrogen and oxygen atoms in total. The average molecular weight is 216 g/mol. The predicted octanol–water partition coefficient (Wildman–Crippen LogP) is 1.05. The van der Waals surface area contributed by atoms with Gasteiger partial charge in [-0.25, -0.2) is 4.98 Å². The molecule has 0 bridgehead atoms. The number of aryl methyl sites for hydroxylation is 1. The van der Waals surface area contributed by atoms with Crippen LogP contribution in [0.4, 0.5) is 0 Å². The number of H-pyrrole nitrogens is 1. The lowest BCUT2D eigenvalue weighted by Gasteiger charge is -2.00. The smallest absolute Gasteiger partial charge is 0.251 e. The van der Waals surface area contributed by atoms with E-state index >= 15 is 0 Å². The predicted molar refractivity (Wildman–Crippen MR) is 59.0 cm³/mol. The highest BCUT2D eigenvalue weighted by molar-refractivity contribution is 5.48. The largest absolute Gasteiger partial charge is 0.305 e. The van der Waals surface area contributed by atoms with Crippen molar-refractivity contribution in [2.24, 2.45) is 7.05 Å². The third-order valence-electron chi connectivity index (χ3n) is 2.71. The fourth-order valence-corrected chi connectivity index (χ4v) is 1.73. The van der Waals surface area contributed by atoms with Crippen LogP contribution in [0.5, 0.6) is 0 Å². The monoisotopic (exact) mass is 216 g/mol. The van der Waals surface area contributed by atoms with E-state index in [2.05, 4.69) is 15.1 Å². The van der Waals surface area contributed by atoms with Crippen LogP contribution in [-0.4, -0.2) is 19.7 Å². The van der Waals surface area contributed by atoms with E-state index in [1.54, 1.807) is 10.7 Å². The van der Waals surface area contributed by atoms with Crippen LogP contribution in [0, 0.1) is 0 Å². The first-order chi connectivity index (χ1) is 7.72. The lowest BCUT2D eigenvalue weighted by atomic mass is 10.2. The third-order valence-corrected chi connectivity index (χ3v) is 2.71. The van der Waals surface area contributed by atoms with Crippen molar-refractivity contribution in [3.63, 3.8) is 0 Å². The van der Waals surface area contributed by atoms with Crippen molar-refractivity contribution in [2.45, 2.75) is 18.8 Å². The van der Waals surface area contributed by atoms with E-state index in [0.29, 0.717) is 17.4 Å². The number of hydrogen-bond donors (Lipinski definition) is 1. The number of hydrogen-bond acceptors (Lipinski definition) is 3. The summed E-state index contributed by atoms with van der Waals surface area (Å²) in [6.45, 7) is 0. The van der Waals surface area contributed by atoms with Crippen LogP contribution in [-0.2, 0) is 7.05 Å². The topological polar surface area (TPSA) is 63.6 Å². The van der Waals surface area contributed by atoms with Crippen LogP contribution in [0.2, 0.25) is 0 Å². The first-order valence-corrected chi connectivity index (χ1v) is 5.33. The molecule has 0 spiro atoms. The van der Waals surface area contributed by atoms with E-state index in [-0.39, 0.29) is 5.56 Å². The van der Waals surface area contributed by atoms with Crippen molar-refractivity contribution in [1.82, 2.24) is 19.7 Å². The van der Waals surface area contributed by atoms with Gasteiger partial charge in [0.1, 0.15) is 5.69 Å². The molecule has 1 aliphatic rings. The van der Waals surface area contributed by atoms with E-state index in [4.69, 9.17) is 0 Å². The van der Waals surface area contributed by atoms with Crippen LogP contribution in [0.3, 0.4) is 0 Å². The van der Waals surface area contributed by atoms with Crippen LogP contribution >= 0.6 is 0 Å². The Morgan fingerprint density at radius 1 is 1.50 bits per heavy atom. The minimum absolute atomic E-state index is 0.0995. The molecule has 16 heavy (non-hydrogen) atoms. The molecule has 2 heterocycles. The molecule has 2 aromatic heterocycles. The molecule has 0 aromatic carbocycles. The first kappa shape index (κ1) is 9.33. The highest BCUT2D eigenvalue weighted by atomic mass is 16.1. The zero-order valence-electron chi connectivity index (χ0n) is 8.97. The lowest BCUT2D eigenvalue weighted by molar-refractivity contribution is 0.767. The Morgan fingerprint density at radius 2 is 2.31 bits per heavy atom. The molecule has 0 aliphatic heterocycles. The van der Waals surface area contributed by atoms with Gasteiger partial charge in [0.2, 0.25) is 0 Å².